The van der Waals surface area contributed by atoms with E-state index in [4.69, 9.17) is 37.4 Å². The number of ether oxygens (including phenoxy) is 3. The Morgan fingerprint density at radius 1 is 0.880 bits per heavy atom. The van der Waals surface area contributed by atoms with Crippen LogP contribution in [-0.2, 0) is 6.61 Å². The third kappa shape index (κ3) is 3.39. The van der Waals surface area contributed by atoms with Crippen LogP contribution in [0, 0.1) is 0 Å². The predicted molar refractivity (Wildman–Crippen MR) is 98.8 cm³/mol. The van der Waals surface area contributed by atoms with E-state index in [1.165, 1.54) is 0 Å². The van der Waals surface area contributed by atoms with Crippen LogP contribution in [0.4, 0.5) is 0 Å². The van der Waals surface area contributed by atoms with E-state index in [1.807, 2.05) is 60.7 Å². The van der Waals surface area contributed by atoms with Crippen molar-refractivity contribution in [2.24, 2.45) is 0 Å². The Hall–Kier alpha value is -2.36. The number of benzene rings is 3. The maximum absolute atomic E-state index is 6.57. The molecule has 0 aliphatic carbocycles. The van der Waals surface area contributed by atoms with Crippen molar-refractivity contribution in [3.8, 4) is 28.4 Å². The lowest BCUT2D eigenvalue weighted by Crippen LogP contribution is -1.96. The van der Waals surface area contributed by atoms with Crippen LogP contribution in [0.1, 0.15) is 5.56 Å². The van der Waals surface area contributed by atoms with Crippen molar-refractivity contribution >= 4 is 23.2 Å². The Kier molecular flexibility index (Phi) is 4.43. The smallest absolute Gasteiger partial charge is 0.231 e. The summed E-state index contributed by atoms with van der Waals surface area (Å²) < 4.78 is 16.7. The Bertz CT molecular complexity index is 925. The van der Waals surface area contributed by atoms with Gasteiger partial charge in [0.2, 0.25) is 6.79 Å². The summed E-state index contributed by atoms with van der Waals surface area (Å²) in [5, 5.41) is 1.24. The maximum Gasteiger partial charge on any atom is 0.231 e. The van der Waals surface area contributed by atoms with E-state index < -0.39 is 0 Å². The zero-order chi connectivity index (χ0) is 17.2. The van der Waals surface area contributed by atoms with Gasteiger partial charge in [-0.3, -0.25) is 0 Å². The summed E-state index contributed by atoms with van der Waals surface area (Å²) in [4.78, 5) is 0. The lowest BCUT2D eigenvalue weighted by Gasteiger charge is -2.12. The molecule has 25 heavy (non-hydrogen) atoms. The first-order valence-electron chi connectivity index (χ1n) is 7.76. The van der Waals surface area contributed by atoms with E-state index in [-0.39, 0.29) is 6.79 Å². The third-order valence-electron chi connectivity index (χ3n) is 3.93. The van der Waals surface area contributed by atoms with Gasteiger partial charge < -0.3 is 14.2 Å². The van der Waals surface area contributed by atoms with Crippen LogP contribution in [0.25, 0.3) is 11.1 Å². The van der Waals surface area contributed by atoms with E-state index in [0.717, 1.165) is 28.2 Å². The van der Waals surface area contributed by atoms with Crippen molar-refractivity contribution in [2.75, 3.05) is 6.79 Å². The molecule has 0 amide bonds. The van der Waals surface area contributed by atoms with E-state index in [1.54, 1.807) is 0 Å². The van der Waals surface area contributed by atoms with Gasteiger partial charge in [0.1, 0.15) is 12.4 Å². The number of hydrogen-bond donors (Lipinski definition) is 0. The van der Waals surface area contributed by atoms with Gasteiger partial charge in [0.05, 0.1) is 5.02 Å². The Morgan fingerprint density at radius 2 is 1.72 bits per heavy atom. The van der Waals surface area contributed by atoms with Gasteiger partial charge in [0.25, 0.3) is 0 Å². The minimum Gasteiger partial charge on any atom is -0.487 e. The minimum atomic E-state index is 0.245. The first kappa shape index (κ1) is 16.1. The molecule has 0 bridgehead atoms. The average Bonchev–Trinajstić information content (AvgIpc) is 3.08. The Morgan fingerprint density at radius 3 is 2.60 bits per heavy atom. The highest BCUT2D eigenvalue weighted by molar-refractivity contribution is 6.34. The number of hydrogen-bond acceptors (Lipinski definition) is 3. The lowest BCUT2D eigenvalue weighted by atomic mass is 10.0. The third-order valence-corrected chi connectivity index (χ3v) is 4.56. The minimum absolute atomic E-state index is 0.245. The summed E-state index contributed by atoms with van der Waals surface area (Å²) >= 11 is 12.6. The molecule has 0 atom stereocenters. The van der Waals surface area contributed by atoms with Gasteiger partial charge in [-0.2, -0.15) is 0 Å². The molecule has 0 spiro atoms. The monoisotopic (exact) mass is 372 g/mol. The zero-order valence-electron chi connectivity index (χ0n) is 13.2. The highest BCUT2D eigenvalue weighted by atomic mass is 35.5. The summed E-state index contributed by atoms with van der Waals surface area (Å²) in [6, 6.07) is 19.0. The fraction of sp³-hybridized carbons (Fsp3) is 0.100. The van der Waals surface area contributed by atoms with Crippen LogP contribution in [0.2, 0.25) is 10.0 Å². The van der Waals surface area contributed by atoms with Gasteiger partial charge in [0.15, 0.2) is 11.5 Å². The van der Waals surface area contributed by atoms with E-state index in [9.17, 15) is 0 Å². The first-order chi connectivity index (χ1) is 12.2. The van der Waals surface area contributed by atoms with Crippen LogP contribution < -0.4 is 14.2 Å². The molecule has 4 rings (SSSR count). The van der Waals surface area contributed by atoms with Gasteiger partial charge in [-0.05, 0) is 41.5 Å². The predicted octanol–water partition coefficient (Wildman–Crippen LogP) is 5.97. The summed E-state index contributed by atoms with van der Waals surface area (Å²) in [5.74, 6) is 2.09. The van der Waals surface area contributed by atoms with Crippen molar-refractivity contribution in [3.05, 3.63) is 76.3 Å². The zero-order valence-corrected chi connectivity index (χ0v) is 14.7. The van der Waals surface area contributed by atoms with Crippen molar-refractivity contribution in [2.45, 2.75) is 6.61 Å². The number of halogens is 2. The Balaban J connectivity index is 1.60. The SMILES string of the molecule is Clc1cccc(COc2cccc(-c3ccc4c(c3)OCO4)c2Cl)c1. The van der Waals surface area contributed by atoms with E-state index in [0.29, 0.717) is 22.4 Å². The van der Waals surface area contributed by atoms with Gasteiger partial charge in [-0.25, -0.2) is 0 Å². The fourth-order valence-electron chi connectivity index (χ4n) is 2.70. The molecule has 0 aromatic heterocycles. The van der Waals surface area contributed by atoms with Crippen LogP contribution in [0.3, 0.4) is 0 Å². The molecule has 1 aliphatic heterocycles. The average molecular weight is 373 g/mol. The van der Waals surface area contributed by atoms with Crippen molar-refractivity contribution < 1.29 is 14.2 Å². The second-order valence-corrected chi connectivity index (χ2v) is 6.42. The highest BCUT2D eigenvalue weighted by Crippen LogP contribution is 2.40. The van der Waals surface area contributed by atoms with E-state index >= 15 is 0 Å². The quantitative estimate of drug-likeness (QED) is 0.564. The van der Waals surface area contributed by atoms with Crippen molar-refractivity contribution in [3.63, 3.8) is 0 Å². The fourth-order valence-corrected chi connectivity index (χ4v) is 3.20. The van der Waals surface area contributed by atoms with Crippen LogP contribution in [0.15, 0.2) is 60.7 Å². The summed E-state index contributed by atoms with van der Waals surface area (Å²) in [7, 11) is 0. The molecule has 5 heteroatoms. The summed E-state index contributed by atoms with van der Waals surface area (Å²) in [6.45, 7) is 0.639. The molecule has 1 aliphatic rings. The molecule has 1 heterocycles. The van der Waals surface area contributed by atoms with Crippen LogP contribution in [0.5, 0.6) is 17.2 Å². The molecule has 0 unspecified atom stereocenters. The molecule has 3 aromatic carbocycles. The molecule has 3 nitrogen and oxygen atoms in total. The molecular weight excluding hydrogens is 359 g/mol. The largest absolute Gasteiger partial charge is 0.487 e. The van der Waals surface area contributed by atoms with Gasteiger partial charge >= 0.3 is 0 Å². The summed E-state index contributed by atoms with van der Waals surface area (Å²) in [6.07, 6.45) is 0. The molecule has 126 valence electrons. The van der Waals surface area contributed by atoms with Crippen molar-refractivity contribution in [1.29, 1.82) is 0 Å². The molecule has 0 saturated carbocycles. The number of fused-ring (bicyclic) bond motifs is 1. The van der Waals surface area contributed by atoms with E-state index in [2.05, 4.69) is 0 Å². The molecule has 3 aromatic rings. The molecule has 0 N–H and O–H groups in total. The normalized spacial score (nSPS) is 12.2. The standard InChI is InChI=1S/C20H14Cl2O3/c21-15-4-1-3-13(9-15)11-23-18-6-2-5-16(20(18)22)14-7-8-17-19(10-14)25-12-24-17/h1-10H,11-12H2. The second kappa shape index (κ2) is 6.87. The van der Waals surface area contributed by atoms with Gasteiger partial charge in [-0.15, -0.1) is 0 Å². The first-order valence-corrected chi connectivity index (χ1v) is 8.52. The number of rotatable bonds is 4. The maximum atomic E-state index is 6.57. The van der Waals surface area contributed by atoms with Crippen LogP contribution >= 0.6 is 23.2 Å². The topological polar surface area (TPSA) is 27.7 Å². The lowest BCUT2D eigenvalue weighted by molar-refractivity contribution is 0.174. The van der Waals surface area contributed by atoms with Crippen molar-refractivity contribution in [1.82, 2.24) is 0 Å². The molecule has 0 radical (unpaired) electrons. The molecule has 0 saturated heterocycles. The van der Waals surface area contributed by atoms with Crippen LogP contribution in [-0.4, -0.2) is 6.79 Å². The summed E-state index contributed by atoms with van der Waals surface area (Å²) in [5.41, 5.74) is 2.81. The van der Waals surface area contributed by atoms with Gasteiger partial charge in [0, 0.05) is 10.6 Å². The second-order valence-electron chi connectivity index (χ2n) is 5.60. The van der Waals surface area contributed by atoms with Gasteiger partial charge in [-0.1, -0.05) is 53.5 Å². The molecular formula is C20H14Cl2O3. The Labute approximate surface area is 155 Å². The molecule has 0 fully saturated rings. The highest BCUT2D eigenvalue weighted by Gasteiger charge is 2.16.